The average molecular weight is 231 g/mol. The van der Waals surface area contributed by atoms with Crippen molar-refractivity contribution in [1.29, 1.82) is 0 Å². The number of anilines is 1. The fourth-order valence-corrected chi connectivity index (χ4v) is 1.37. The van der Waals surface area contributed by atoms with Crippen LogP contribution in [0.25, 0.3) is 11.3 Å². The van der Waals surface area contributed by atoms with Crippen LogP contribution in [-0.4, -0.2) is 5.16 Å². The van der Waals surface area contributed by atoms with Crippen LogP contribution in [0.5, 0.6) is 0 Å². The van der Waals surface area contributed by atoms with Crippen LogP contribution >= 0.6 is 11.6 Å². The van der Waals surface area contributed by atoms with E-state index in [9.17, 15) is 8.78 Å². The summed E-state index contributed by atoms with van der Waals surface area (Å²) in [6, 6.07) is 3.17. The molecule has 15 heavy (non-hydrogen) atoms. The first-order chi connectivity index (χ1) is 7.08. The molecule has 1 aromatic carbocycles. The average Bonchev–Trinajstić information content (AvgIpc) is 2.58. The van der Waals surface area contributed by atoms with Crippen molar-refractivity contribution in [2.45, 2.75) is 0 Å². The Kier molecular flexibility index (Phi) is 2.32. The summed E-state index contributed by atoms with van der Waals surface area (Å²) in [6.07, 6.45) is 0. The maximum Gasteiger partial charge on any atom is 0.170 e. The monoisotopic (exact) mass is 230 g/mol. The van der Waals surface area contributed by atoms with Crippen molar-refractivity contribution in [2.75, 3.05) is 5.73 Å². The normalized spacial score (nSPS) is 10.6. The Morgan fingerprint density at radius 2 is 1.87 bits per heavy atom. The molecule has 2 rings (SSSR count). The second-order valence-electron chi connectivity index (χ2n) is 2.86. The quantitative estimate of drug-likeness (QED) is 0.767. The highest BCUT2D eigenvalue weighted by Crippen LogP contribution is 2.30. The second kappa shape index (κ2) is 3.51. The van der Waals surface area contributed by atoms with E-state index in [1.807, 2.05) is 0 Å². The van der Waals surface area contributed by atoms with Crippen molar-refractivity contribution in [3.63, 3.8) is 0 Å². The van der Waals surface area contributed by atoms with Crippen molar-refractivity contribution in [1.82, 2.24) is 5.16 Å². The Hall–Kier alpha value is -1.62. The molecule has 0 aliphatic carbocycles. The lowest BCUT2D eigenvalue weighted by Crippen LogP contribution is -1.86. The number of benzene rings is 1. The standard InChI is InChI=1S/C9H5ClF2N2O/c10-5-2-7(12)6(11)1-4(5)8-3-9(13)14-15-8/h1-3H,(H2,13,14). The van der Waals surface area contributed by atoms with Gasteiger partial charge in [-0.3, -0.25) is 0 Å². The molecule has 0 unspecified atom stereocenters. The molecule has 0 atom stereocenters. The third-order valence-corrected chi connectivity index (χ3v) is 2.12. The van der Waals surface area contributed by atoms with Crippen LogP contribution in [0, 0.1) is 11.6 Å². The minimum Gasteiger partial charge on any atom is -0.381 e. The highest BCUT2D eigenvalue weighted by atomic mass is 35.5. The highest BCUT2D eigenvalue weighted by molar-refractivity contribution is 6.33. The van der Waals surface area contributed by atoms with Crippen molar-refractivity contribution in [2.24, 2.45) is 0 Å². The van der Waals surface area contributed by atoms with Crippen LogP contribution in [0.15, 0.2) is 22.7 Å². The van der Waals surface area contributed by atoms with Gasteiger partial charge in [-0.25, -0.2) is 8.78 Å². The predicted octanol–water partition coefficient (Wildman–Crippen LogP) is 2.86. The van der Waals surface area contributed by atoms with E-state index in [0.717, 1.165) is 12.1 Å². The minimum absolute atomic E-state index is 0.0325. The van der Waals surface area contributed by atoms with E-state index in [1.165, 1.54) is 6.07 Å². The van der Waals surface area contributed by atoms with Gasteiger partial charge in [0, 0.05) is 11.6 Å². The lowest BCUT2D eigenvalue weighted by Gasteiger charge is -2.00. The first-order valence-electron chi connectivity index (χ1n) is 3.95. The molecular weight excluding hydrogens is 226 g/mol. The molecule has 0 amide bonds. The summed E-state index contributed by atoms with van der Waals surface area (Å²) in [7, 11) is 0. The lowest BCUT2D eigenvalue weighted by atomic mass is 10.1. The van der Waals surface area contributed by atoms with Gasteiger partial charge in [0.1, 0.15) is 0 Å². The molecule has 2 aromatic rings. The Morgan fingerprint density at radius 3 is 2.47 bits per heavy atom. The highest BCUT2D eigenvalue weighted by Gasteiger charge is 2.13. The van der Waals surface area contributed by atoms with E-state index in [2.05, 4.69) is 5.16 Å². The van der Waals surface area contributed by atoms with Gasteiger partial charge in [-0.05, 0) is 12.1 Å². The number of aromatic nitrogens is 1. The number of nitrogen functional groups attached to an aromatic ring is 1. The number of halogens is 3. The van der Waals surface area contributed by atoms with Crippen LogP contribution in [-0.2, 0) is 0 Å². The van der Waals surface area contributed by atoms with Crippen molar-refractivity contribution >= 4 is 17.4 Å². The van der Waals surface area contributed by atoms with Gasteiger partial charge in [0.2, 0.25) is 0 Å². The Labute approximate surface area is 88.4 Å². The number of rotatable bonds is 1. The van der Waals surface area contributed by atoms with Crippen LogP contribution in [0.2, 0.25) is 5.02 Å². The van der Waals surface area contributed by atoms with Gasteiger partial charge in [-0.15, -0.1) is 0 Å². The van der Waals surface area contributed by atoms with Gasteiger partial charge < -0.3 is 10.3 Å². The third kappa shape index (κ3) is 1.78. The molecule has 0 aliphatic heterocycles. The minimum atomic E-state index is -1.02. The summed E-state index contributed by atoms with van der Waals surface area (Å²) in [5.74, 6) is -1.69. The zero-order chi connectivity index (χ0) is 11.0. The van der Waals surface area contributed by atoms with E-state index in [0.29, 0.717) is 0 Å². The first kappa shape index (κ1) is 9.92. The van der Waals surface area contributed by atoms with Crippen molar-refractivity contribution in [3.8, 4) is 11.3 Å². The van der Waals surface area contributed by atoms with Crippen LogP contribution < -0.4 is 5.73 Å². The molecule has 1 aromatic heterocycles. The van der Waals surface area contributed by atoms with Gasteiger partial charge in [0.25, 0.3) is 0 Å². The Bertz CT molecular complexity index is 513. The zero-order valence-electron chi connectivity index (χ0n) is 7.30. The van der Waals surface area contributed by atoms with E-state index in [-0.39, 0.29) is 22.2 Å². The van der Waals surface area contributed by atoms with Crippen molar-refractivity contribution in [3.05, 3.63) is 34.9 Å². The van der Waals surface area contributed by atoms with Gasteiger partial charge in [0.15, 0.2) is 23.2 Å². The smallest absolute Gasteiger partial charge is 0.170 e. The molecule has 0 spiro atoms. The maximum absolute atomic E-state index is 12.9. The summed E-state index contributed by atoms with van der Waals surface area (Å²) in [5.41, 5.74) is 5.53. The Balaban J connectivity index is 2.58. The molecule has 2 N–H and O–H groups in total. The molecule has 0 bridgehead atoms. The van der Waals surface area contributed by atoms with E-state index in [4.69, 9.17) is 21.9 Å². The Morgan fingerprint density at radius 1 is 1.20 bits per heavy atom. The number of nitrogens with zero attached hydrogens (tertiary/aromatic N) is 1. The van der Waals surface area contributed by atoms with Gasteiger partial charge in [-0.1, -0.05) is 16.8 Å². The van der Waals surface area contributed by atoms with E-state index < -0.39 is 11.6 Å². The molecule has 78 valence electrons. The molecule has 0 saturated carbocycles. The number of nitrogens with two attached hydrogens (primary N) is 1. The molecule has 0 aliphatic rings. The predicted molar refractivity (Wildman–Crippen MR) is 51.3 cm³/mol. The van der Waals surface area contributed by atoms with Gasteiger partial charge >= 0.3 is 0 Å². The van der Waals surface area contributed by atoms with E-state index in [1.54, 1.807) is 0 Å². The summed E-state index contributed by atoms with van der Waals surface area (Å²) in [5, 5.41) is 3.45. The SMILES string of the molecule is Nc1cc(-c2cc(F)c(F)cc2Cl)on1. The maximum atomic E-state index is 12.9. The van der Waals surface area contributed by atoms with Crippen LogP contribution in [0.1, 0.15) is 0 Å². The molecule has 3 nitrogen and oxygen atoms in total. The van der Waals surface area contributed by atoms with Crippen LogP contribution in [0.4, 0.5) is 14.6 Å². The molecule has 0 saturated heterocycles. The largest absolute Gasteiger partial charge is 0.381 e. The summed E-state index contributed by atoms with van der Waals surface area (Å²) in [4.78, 5) is 0. The fraction of sp³-hybridized carbons (Fsp3) is 0. The summed E-state index contributed by atoms with van der Waals surface area (Å²) >= 11 is 5.71. The van der Waals surface area contributed by atoms with Crippen molar-refractivity contribution < 1.29 is 13.3 Å². The fourth-order valence-electron chi connectivity index (χ4n) is 1.13. The summed E-state index contributed by atoms with van der Waals surface area (Å²) in [6.45, 7) is 0. The van der Waals surface area contributed by atoms with E-state index >= 15 is 0 Å². The number of hydrogen-bond acceptors (Lipinski definition) is 3. The molecule has 6 heteroatoms. The first-order valence-corrected chi connectivity index (χ1v) is 4.33. The molecule has 0 fully saturated rings. The van der Waals surface area contributed by atoms with Gasteiger partial charge in [-0.2, -0.15) is 0 Å². The molecular formula is C9H5ClF2N2O. The molecule has 1 heterocycles. The summed E-state index contributed by atoms with van der Waals surface area (Å²) < 4.78 is 30.5. The molecule has 0 radical (unpaired) electrons. The second-order valence-corrected chi connectivity index (χ2v) is 3.27. The zero-order valence-corrected chi connectivity index (χ0v) is 8.05. The number of hydrogen-bond donors (Lipinski definition) is 1. The van der Waals surface area contributed by atoms with Gasteiger partial charge in [0.05, 0.1) is 5.02 Å². The van der Waals surface area contributed by atoms with Crippen LogP contribution in [0.3, 0.4) is 0 Å². The lowest BCUT2D eigenvalue weighted by molar-refractivity contribution is 0.435. The third-order valence-electron chi connectivity index (χ3n) is 1.80. The topological polar surface area (TPSA) is 52.0 Å².